The lowest BCUT2D eigenvalue weighted by molar-refractivity contribution is -0.140. The standard InChI is InChI=1S/C21H34O2/c1-3-4-5-6-7-8-9-10-11-12-13-14-15-16-17-18-19-20-21(22)23-2/h7-8,10-11,13-14,16-17H,3-6,9,12,15,18-20H2,1-2H3/b8-7+,11-10+,14-13+,17-16+. The molecular weight excluding hydrogens is 284 g/mol. The van der Waals surface area contributed by atoms with Crippen LogP contribution in [-0.2, 0) is 9.53 Å². The Bertz CT molecular complexity index is 375. The molecule has 0 saturated heterocycles. The fraction of sp³-hybridized carbons (Fsp3) is 0.571. The van der Waals surface area contributed by atoms with Crippen molar-refractivity contribution in [2.75, 3.05) is 7.11 Å². The van der Waals surface area contributed by atoms with Crippen molar-refractivity contribution >= 4 is 5.97 Å². The highest BCUT2D eigenvalue weighted by Gasteiger charge is 1.96. The summed E-state index contributed by atoms with van der Waals surface area (Å²) in [6.45, 7) is 2.24. The molecule has 0 unspecified atom stereocenters. The molecule has 0 heterocycles. The third kappa shape index (κ3) is 18.4. The number of carbonyl (C=O) groups is 1. The Morgan fingerprint density at radius 1 is 0.739 bits per heavy atom. The minimum absolute atomic E-state index is 0.124. The quantitative estimate of drug-likeness (QED) is 0.213. The topological polar surface area (TPSA) is 26.3 Å². The van der Waals surface area contributed by atoms with Gasteiger partial charge in [-0.3, -0.25) is 4.79 Å². The summed E-state index contributed by atoms with van der Waals surface area (Å²) in [5, 5.41) is 0. The maximum absolute atomic E-state index is 10.9. The van der Waals surface area contributed by atoms with Gasteiger partial charge in [-0.2, -0.15) is 0 Å². The van der Waals surface area contributed by atoms with Crippen LogP contribution in [0.15, 0.2) is 48.6 Å². The molecule has 0 aromatic rings. The van der Waals surface area contributed by atoms with Crippen LogP contribution in [0.5, 0.6) is 0 Å². The van der Waals surface area contributed by atoms with E-state index < -0.39 is 0 Å². The highest BCUT2D eigenvalue weighted by molar-refractivity contribution is 5.69. The molecule has 0 aromatic heterocycles. The Morgan fingerprint density at radius 3 is 1.70 bits per heavy atom. The number of esters is 1. The van der Waals surface area contributed by atoms with Crippen LogP contribution in [-0.4, -0.2) is 13.1 Å². The van der Waals surface area contributed by atoms with Gasteiger partial charge < -0.3 is 4.74 Å². The summed E-state index contributed by atoms with van der Waals surface area (Å²) in [6, 6.07) is 0. The van der Waals surface area contributed by atoms with Crippen LogP contribution < -0.4 is 0 Å². The molecule has 0 spiro atoms. The Labute approximate surface area is 143 Å². The molecular formula is C21H34O2. The summed E-state index contributed by atoms with van der Waals surface area (Å²) in [6.07, 6.45) is 28.1. The van der Waals surface area contributed by atoms with E-state index in [1.54, 1.807) is 0 Å². The fourth-order valence-corrected chi connectivity index (χ4v) is 2.03. The molecule has 0 aliphatic rings. The molecule has 0 saturated carbocycles. The predicted molar refractivity (Wildman–Crippen MR) is 100 cm³/mol. The number of rotatable bonds is 14. The summed E-state index contributed by atoms with van der Waals surface area (Å²) in [7, 11) is 1.43. The van der Waals surface area contributed by atoms with E-state index in [0.29, 0.717) is 6.42 Å². The molecule has 130 valence electrons. The van der Waals surface area contributed by atoms with E-state index in [9.17, 15) is 4.79 Å². The highest BCUT2D eigenvalue weighted by Crippen LogP contribution is 2.01. The fourth-order valence-electron chi connectivity index (χ4n) is 2.03. The van der Waals surface area contributed by atoms with Crippen molar-refractivity contribution in [2.24, 2.45) is 0 Å². The van der Waals surface area contributed by atoms with Gasteiger partial charge in [0.2, 0.25) is 0 Å². The molecule has 0 aliphatic carbocycles. The maximum Gasteiger partial charge on any atom is 0.305 e. The first kappa shape index (κ1) is 21.4. The minimum Gasteiger partial charge on any atom is -0.469 e. The maximum atomic E-state index is 10.9. The summed E-state index contributed by atoms with van der Waals surface area (Å²) >= 11 is 0. The van der Waals surface area contributed by atoms with Crippen molar-refractivity contribution in [1.82, 2.24) is 0 Å². The van der Waals surface area contributed by atoms with Gasteiger partial charge in [-0.1, -0.05) is 68.4 Å². The van der Waals surface area contributed by atoms with Crippen molar-refractivity contribution in [1.29, 1.82) is 0 Å². The molecule has 0 atom stereocenters. The Hall–Kier alpha value is -1.57. The van der Waals surface area contributed by atoms with E-state index in [-0.39, 0.29) is 5.97 Å². The summed E-state index contributed by atoms with van der Waals surface area (Å²) in [5.74, 6) is -0.124. The van der Waals surface area contributed by atoms with Crippen LogP contribution in [0, 0.1) is 0 Å². The third-order valence-electron chi connectivity index (χ3n) is 3.44. The summed E-state index contributed by atoms with van der Waals surface area (Å²) < 4.78 is 4.59. The number of unbranched alkanes of at least 4 members (excludes halogenated alkanes) is 4. The number of methoxy groups -OCH3 is 1. The van der Waals surface area contributed by atoms with Crippen molar-refractivity contribution in [3.05, 3.63) is 48.6 Å². The molecule has 0 radical (unpaired) electrons. The predicted octanol–water partition coefficient (Wildman–Crippen LogP) is 6.31. The number of carbonyl (C=O) groups excluding carboxylic acids is 1. The molecule has 23 heavy (non-hydrogen) atoms. The van der Waals surface area contributed by atoms with Crippen LogP contribution in [0.4, 0.5) is 0 Å². The van der Waals surface area contributed by atoms with E-state index in [4.69, 9.17) is 0 Å². The molecule has 0 bridgehead atoms. The summed E-state index contributed by atoms with van der Waals surface area (Å²) in [5.41, 5.74) is 0. The first-order valence-electron chi connectivity index (χ1n) is 8.98. The van der Waals surface area contributed by atoms with Gasteiger partial charge in [-0.05, 0) is 44.9 Å². The van der Waals surface area contributed by atoms with Gasteiger partial charge in [0.15, 0.2) is 0 Å². The largest absolute Gasteiger partial charge is 0.469 e. The lowest BCUT2D eigenvalue weighted by atomic mass is 10.2. The van der Waals surface area contributed by atoms with Gasteiger partial charge in [0.05, 0.1) is 7.11 Å². The zero-order valence-corrected chi connectivity index (χ0v) is 15.0. The molecule has 0 N–H and O–H groups in total. The lowest BCUT2D eigenvalue weighted by Gasteiger charge is -1.95. The third-order valence-corrected chi connectivity index (χ3v) is 3.44. The van der Waals surface area contributed by atoms with E-state index in [2.05, 4.69) is 60.3 Å². The second-order valence-corrected chi connectivity index (χ2v) is 5.56. The van der Waals surface area contributed by atoms with Crippen molar-refractivity contribution in [3.8, 4) is 0 Å². The van der Waals surface area contributed by atoms with Crippen LogP contribution in [0.1, 0.15) is 71.1 Å². The second kappa shape index (κ2) is 18.5. The zero-order chi connectivity index (χ0) is 17.0. The molecule has 0 aliphatic heterocycles. The van der Waals surface area contributed by atoms with Gasteiger partial charge in [-0.25, -0.2) is 0 Å². The number of hydrogen-bond donors (Lipinski definition) is 0. The van der Waals surface area contributed by atoms with Crippen molar-refractivity contribution in [2.45, 2.75) is 71.1 Å². The highest BCUT2D eigenvalue weighted by atomic mass is 16.5. The van der Waals surface area contributed by atoms with Crippen LogP contribution >= 0.6 is 0 Å². The average molecular weight is 319 g/mol. The average Bonchev–Trinajstić information content (AvgIpc) is 2.57. The molecule has 0 amide bonds. The second-order valence-electron chi connectivity index (χ2n) is 5.56. The Morgan fingerprint density at radius 2 is 1.22 bits per heavy atom. The van der Waals surface area contributed by atoms with Gasteiger partial charge in [0.1, 0.15) is 0 Å². The van der Waals surface area contributed by atoms with E-state index >= 15 is 0 Å². The molecule has 0 rings (SSSR count). The minimum atomic E-state index is -0.124. The van der Waals surface area contributed by atoms with Gasteiger partial charge in [0, 0.05) is 6.42 Å². The van der Waals surface area contributed by atoms with E-state index in [0.717, 1.165) is 32.1 Å². The normalized spacial score (nSPS) is 12.3. The molecule has 0 fully saturated rings. The Balaban J connectivity index is 3.42. The van der Waals surface area contributed by atoms with Crippen molar-refractivity contribution < 1.29 is 9.53 Å². The van der Waals surface area contributed by atoms with Crippen LogP contribution in [0.2, 0.25) is 0 Å². The van der Waals surface area contributed by atoms with Crippen LogP contribution in [0.25, 0.3) is 0 Å². The number of hydrogen-bond acceptors (Lipinski definition) is 2. The molecule has 2 nitrogen and oxygen atoms in total. The van der Waals surface area contributed by atoms with E-state index in [1.807, 2.05) is 0 Å². The summed E-state index contributed by atoms with van der Waals surface area (Å²) in [4.78, 5) is 10.9. The Kier molecular flexibility index (Phi) is 17.2. The smallest absolute Gasteiger partial charge is 0.305 e. The van der Waals surface area contributed by atoms with E-state index in [1.165, 1.54) is 32.8 Å². The van der Waals surface area contributed by atoms with Crippen LogP contribution in [0.3, 0.4) is 0 Å². The zero-order valence-electron chi connectivity index (χ0n) is 15.0. The number of ether oxygens (including phenoxy) is 1. The number of allylic oxidation sites excluding steroid dienone is 8. The SMILES string of the molecule is CCCCC/C=C/C/C=C/C/C=C/C/C=C/CCCC(=O)OC. The molecule has 0 aromatic carbocycles. The first-order valence-corrected chi connectivity index (χ1v) is 8.98. The first-order chi connectivity index (χ1) is 11.3. The van der Waals surface area contributed by atoms with Crippen molar-refractivity contribution in [3.63, 3.8) is 0 Å². The van der Waals surface area contributed by atoms with Gasteiger partial charge in [0.25, 0.3) is 0 Å². The lowest BCUT2D eigenvalue weighted by Crippen LogP contribution is -1.98. The van der Waals surface area contributed by atoms with Gasteiger partial charge >= 0.3 is 5.97 Å². The monoisotopic (exact) mass is 318 g/mol. The van der Waals surface area contributed by atoms with Gasteiger partial charge in [-0.15, -0.1) is 0 Å². The molecule has 2 heteroatoms.